The Morgan fingerprint density at radius 1 is 1.00 bits per heavy atom. The van der Waals surface area contributed by atoms with Crippen molar-refractivity contribution in [3.63, 3.8) is 0 Å². The van der Waals surface area contributed by atoms with Crippen LogP contribution in [0.15, 0.2) is 54.6 Å². The molecule has 3 heteroatoms. The molecule has 0 bridgehead atoms. The molecule has 98 valence electrons. The maximum atomic E-state index is 11.8. The Hall–Kier alpha value is -2.29. The van der Waals surface area contributed by atoms with Crippen molar-refractivity contribution in [3.8, 4) is 5.75 Å². The molecule has 0 heterocycles. The van der Waals surface area contributed by atoms with E-state index in [1.165, 1.54) is 0 Å². The molecular formula is C16H16O3. The summed E-state index contributed by atoms with van der Waals surface area (Å²) in [6.45, 7) is 2.72. The molecule has 0 spiro atoms. The van der Waals surface area contributed by atoms with Gasteiger partial charge in [-0.1, -0.05) is 36.4 Å². The zero-order valence-corrected chi connectivity index (χ0v) is 10.8. The number of esters is 1. The fourth-order valence-corrected chi connectivity index (χ4v) is 1.72. The molecule has 0 unspecified atom stereocenters. The van der Waals surface area contributed by atoms with Crippen molar-refractivity contribution < 1.29 is 14.3 Å². The third-order valence-electron chi connectivity index (χ3n) is 2.64. The monoisotopic (exact) mass is 256 g/mol. The normalized spacial score (nSPS) is 9.95. The summed E-state index contributed by atoms with van der Waals surface area (Å²) >= 11 is 0. The zero-order valence-electron chi connectivity index (χ0n) is 10.8. The van der Waals surface area contributed by atoms with Gasteiger partial charge in [0, 0.05) is 5.56 Å². The van der Waals surface area contributed by atoms with Crippen LogP contribution in [0.4, 0.5) is 0 Å². The number of carbonyl (C=O) groups is 1. The van der Waals surface area contributed by atoms with Gasteiger partial charge < -0.3 is 9.47 Å². The molecule has 19 heavy (non-hydrogen) atoms. The van der Waals surface area contributed by atoms with Crippen LogP contribution in [-0.2, 0) is 11.3 Å². The molecule has 0 saturated carbocycles. The zero-order chi connectivity index (χ0) is 13.5. The highest BCUT2D eigenvalue weighted by Gasteiger charge is 2.08. The summed E-state index contributed by atoms with van der Waals surface area (Å²) in [5, 5.41) is 0. The summed E-state index contributed by atoms with van der Waals surface area (Å²) in [4.78, 5) is 11.8. The Balaban J connectivity index is 2.01. The predicted octanol–water partition coefficient (Wildman–Crippen LogP) is 3.44. The number of hydrogen-bond donors (Lipinski definition) is 0. The molecule has 0 fully saturated rings. The van der Waals surface area contributed by atoms with Crippen LogP contribution in [-0.4, -0.2) is 12.6 Å². The number of para-hydroxylation sites is 1. The van der Waals surface area contributed by atoms with Gasteiger partial charge in [-0.05, 0) is 25.1 Å². The molecule has 0 saturated heterocycles. The molecule has 3 nitrogen and oxygen atoms in total. The Morgan fingerprint density at radius 2 is 1.68 bits per heavy atom. The van der Waals surface area contributed by atoms with E-state index in [1.807, 2.05) is 49.4 Å². The minimum absolute atomic E-state index is 0.212. The molecule has 0 aromatic heterocycles. The van der Waals surface area contributed by atoms with E-state index in [2.05, 4.69) is 0 Å². The molecule has 2 aromatic carbocycles. The third-order valence-corrected chi connectivity index (χ3v) is 2.64. The van der Waals surface area contributed by atoms with Gasteiger partial charge in [-0.25, -0.2) is 4.79 Å². The third kappa shape index (κ3) is 3.58. The van der Waals surface area contributed by atoms with Crippen LogP contribution in [0.1, 0.15) is 22.8 Å². The first-order valence-electron chi connectivity index (χ1n) is 6.24. The lowest BCUT2D eigenvalue weighted by Crippen LogP contribution is -2.06. The van der Waals surface area contributed by atoms with E-state index in [4.69, 9.17) is 9.47 Å². The Morgan fingerprint density at radius 3 is 2.42 bits per heavy atom. The van der Waals surface area contributed by atoms with Crippen LogP contribution in [0.2, 0.25) is 0 Å². The quantitative estimate of drug-likeness (QED) is 0.769. The van der Waals surface area contributed by atoms with Crippen LogP contribution >= 0.6 is 0 Å². The van der Waals surface area contributed by atoms with Crippen molar-refractivity contribution in [3.05, 3.63) is 65.7 Å². The van der Waals surface area contributed by atoms with Gasteiger partial charge >= 0.3 is 5.97 Å². The van der Waals surface area contributed by atoms with Crippen molar-refractivity contribution in [1.29, 1.82) is 0 Å². The van der Waals surface area contributed by atoms with E-state index in [9.17, 15) is 4.79 Å². The molecule has 2 aromatic rings. The first kappa shape index (κ1) is 13.1. The Bertz CT molecular complexity index is 535. The van der Waals surface area contributed by atoms with Crippen molar-refractivity contribution in [2.24, 2.45) is 0 Å². The standard InChI is InChI=1S/C16H16O3/c1-2-18-15-11-7-6-10-14(15)12-19-16(17)13-8-4-3-5-9-13/h3-11H,2,12H2,1H3. The van der Waals surface area contributed by atoms with Gasteiger partial charge in [-0.15, -0.1) is 0 Å². The van der Waals surface area contributed by atoms with Gasteiger partial charge in [-0.2, -0.15) is 0 Å². The van der Waals surface area contributed by atoms with Crippen molar-refractivity contribution in [2.75, 3.05) is 6.61 Å². The first-order valence-corrected chi connectivity index (χ1v) is 6.24. The largest absolute Gasteiger partial charge is 0.493 e. The summed E-state index contributed by atoms with van der Waals surface area (Å²) in [6, 6.07) is 16.5. The molecule has 0 N–H and O–H groups in total. The molecule has 2 rings (SSSR count). The van der Waals surface area contributed by atoms with Crippen LogP contribution in [0.25, 0.3) is 0 Å². The molecule has 0 amide bonds. The van der Waals surface area contributed by atoms with E-state index < -0.39 is 0 Å². The lowest BCUT2D eigenvalue weighted by molar-refractivity contribution is 0.0469. The summed E-state index contributed by atoms with van der Waals surface area (Å²) < 4.78 is 10.8. The molecular weight excluding hydrogens is 240 g/mol. The van der Waals surface area contributed by atoms with Gasteiger partial charge in [0.25, 0.3) is 0 Å². The maximum absolute atomic E-state index is 11.8. The first-order chi connectivity index (χ1) is 9.31. The number of ether oxygens (including phenoxy) is 2. The van der Waals surface area contributed by atoms with E-state index in [1.54, 1.807) is 12.1 Å². The summed E-state index contributed by atoms with van der Waals surface area (Å²) in [5.74, 6) is 0.428. The Labute approximate surface area is 112 Å². The molecule has 0 aliphatic heterocycles. The van der Waals surface area contributed by atoms with Crippen LogP contribution in [0.5, 0.6) is 5.75 Å². The highest BCUT2D eigenvalue weighted by molar-refractivity contribution is 5.89. The van der Waals surface area contributed by atoms with E-state index in [0.29, 0.717) is 12.2 Å². The lowest BCUT2D eigenvalue weighted by atomic mass is 10.2. The second kappa shape index (κ2) is 6.59. The second-order valence-corrected chi connectivity index (χ2v) is 3.98. The highest BCUT2D eigenvalue weighted by atomic mass is 16.5. The SMILES string of the molecule is CCOc1ccccc1COC(=O)c1ccccc1. The van der Waals surface area contributed by atoms with Gasteiger partial charge in [0.15, 0.2) is 0 Å². The average molecular weight is 256 g/mol. The molecule has 0 aliphatic rings. The predicted molar refractivity (Wildman–Crippen MR) is 73.2 cm³/mol. The van der Waals surface area contributed by atoms with Gasteiger partial charge in [0.1, 0.15) is 12.4 Å². The van der Waals surface area contributed by atoms with Crippen molar-refractivity contribution >= 4 is 5.97 Å². The molecule has 0 aliphatic carbocycles. The van der Waals surface area contributed by atoms with E-state index in [0.717, 1.165) is 11.3 Å². The molecule has 0 radical (unpaired) electrons. The smallest absolute Gasteiger partial charge is 0.338 e. The number of hydrogen-bond acceptors (Lipinski definition) is 3. The Kier molecular flexibility index (Phi) is 4.56. The highest BCUT2D eigenvalue weighted by Crippen LogP contribution is 2.19. The molecule has 0 atom stereocenters. The lowest BCUT2D eigenvalue weighted by Gasteiger charge is -2.10. The van der Waals surface area contributed by atoms with E-state index in [-0.39, 0.29) is 12.6 Å². The van der Waals surface area contributed by atoms with Gasteiger partial charge in [0.2, 0.25) is 0 Å². The van der Waals surface area contributed by atoms with Crippen LogP contribution < -0.4 is 4.74 Å². The average Bonchev–Trinajstić information content (AvgIpc) is 2.47. The van der Waals surface area contributed by atoms with Crippen LogP contribution in [0, 0.1) is 0 Å². The van der Waals surface area contributed by atoms with Crippen molar-refractivity contribution in [2.45, 2.75) is 13.5 Å². The number of rotatable bonds is 5. The maximum Gasteiger partial charge on any atom is 0.338 e. The minimum atomic E-state index is -0.327. The summed E-state index contributed by atoms with van der Waals surface area (Å²) in [7, 11) is 0. The van der Waals surface area contributed by atoms with Gasteiger partial charge in [0.05, 0.1) is 12.2 Å². The fraction of sp³-hybridized carbons (Fsp3) is 0.188. The second-order valence-electron chi connectivity index (χ2n) is 3.98. The van der Waals surface area contributed by atoms with Crippen molar-refractivity contribution in [1.82, 2.24) is 0 Å². The number of carbonyl (C=O) groups excluding carboxylic acids is 1. The topological polar surface area (TPSA) is 35.5 Å². The van der Waals surface area contributed by atoms with E-state index >= 15 is 0 Å². The fourth-order valence-electron chi connectivity index (χ4n) is 1.72. The number of benzene rings is 2. The van der Waals surface area contributed by atoms with Crippen LogP contribution in [0.3, 0.4) is 0 Å². The summed E-state index contributed by atoms with van der Waals surface area (Å²) in [5.41, 5.74) is 1.42. The van der Waals surface area contributed by atoms with Gasteiger partial charge in [-0.3, -0.25) is 0 Å². The summed E-state index contributed by atoms with van der Waals surface area (Å²) in [6.07, 6.45) is 0. The minimum Gasteiger partial charge on any atom is -0.493 e.